The second-order valence-electron chi connectivity index (χ2n) is 11.7. The van der Waals surface area contributed by atoms with Crippen molar-refractivity contribution in [2.24, 2.45) is 11.1 Å². The highest BCUT2D eigenvalue weighted by molar-refractivity contribution is 8.68. The SMILES string of the molecule is CC1(C)CCCCCn2cc(SS)c(n2)CCN1c1nc(-n2ccc(OCCC3(C(F)(F)F)CC3)n2)ccc1C(N)=O. The van der Waals surface area contributed by atoms with Crippen molar-refractivity contribution in [2.45, 2.75) is 88.4 Å². The molecule has 1 fully saturated rings. The predicted octanol–water partition coefficient (Wildman–Crippen LogP) is 6.01. The van der Waals surface area contributed by atoms with Crippen molar-refractivity contribution in [3.63, 3.8) is 0 Å². The van der Waals surface area contributed by atoms with E-state index in [1.807, 2.05) is 10.9 Å². The summed E-state index contributed by atoms with van der Waals surface area (Å²) in [6, 6.07) is 4.87. The normalized spacial score (nSPS) is 18.7. The third-order valence-electron chi connectivity index (χ3n) is 8.34. The molecule has 2 N–H and O–H groups in total. The summed E-state index contributed by atoms with van der Waals surface area (Å²) < 4.78 is 48.8. The van der Waals surface area contributed by atoms with Crippen LogP contribution in [0.3, 0.4) is 0 Å². The molecule has 0 saturated heterocycles. The molecule has 1 amide bonds. The van der Waals surface area contributed by atoms with Crippen molar-refractivity contribution in [1.82, 2.24) is 24.5 Å². The maximum Gasteiger partial charge on any atom is 0.394 e. The van der Waals surface area contributed by atoms with E-state index in [2.05, 4.69) is 35.5 Å². The Morgan fingerprint density at radius 1 is 1.12 bits per heavy atom. The number of rotatable bonds is 8. The number of amides is 1. The second kappa shape index (κ2) is 12.0. The highest BCUT2D eigenvalue weighted by atomic mass is 33.1. The van der Waals surface area contributed by atoms with E-state index >= 15 is 0 Å². The van der Waals surface area contributed by atoms with Gasteiger partial charge in [-0.25, -0.2) is 9.67 Å². The minimum Gasteiger partial charge on any atom is -0.477 e. The van der Waals surface area contributed by atoms with Crippen LogP contribution in [0.5, 0.6) is 5.88 Å². The summed E-state index contributed by atoms with van der Waals surface area (Å²) in [5.41, 5.74) is 5.06. The maximum absolute atomic E-state index is 13.3. The van der Waals surface area contributed by atoms with Crippen LogP contribution >= 0.6 is 22.5 Å². The molecule has 42 heavy (non-hydrogen) atoms. The first-order chi connectivity index (χ1) is 19.9. The Bertz CT molecular complexity index is 1420. The number of nitrogens with zero attached hydrogens (tertiary/aromatic N) is 6. The lowest BCUT2D eigenvalue weighted by Crippen LogP contribution is -2.47. The van der Waals surface area contributed by atoms with Gasteiger partial charge in [0.05, 0.1) is 28.2 Å². The molecular weight excluding hydrogens is 587 g/mol. The fourth-order valence-corrected chi connectivity index (χ4v) is 6.39. The summed E-state index contributed by atoms with van der Waals surface area (Å²) in [7, 11) is 1.37. The molecule has 3 aromatic heterocycles. The first-order valence-corrected chi connectivity index (χ1v) is 16.0. The van der Waals surface area contributed by atoms with E-state index in [-0.39, 0.29) is 37.3 Å². The van der Waals surface area contributed by atoms with Gasteiger partial charge in [0, 0.05) is 43.5 Å². The second-order valence-corrected chi connectivity index (χ2v) is 12.9. The molecule has 1 saturated carbocycles. The van der Waals surface area contributed by atoms with Crippen LogP contribution in [0.4, 0.5) is 19.0 Å². The van der Waals surface area contributed by atoms with Crippen LogP contribution in [0, 0.1) is 5.41 Å². The van der Waals surface area contributed by atoms with Gasteiger partial charge in [0.1, 0.15) is 5.82 Å². The minimum absolute atomic E-state index is 0.0832. The van der Waals surface area contributed by atoms with E-state index in [0.717, 1.165) is 42.8 Å². The summed E-state index contributed by atoms with van der Waals surface area (Å²) in [4.78, 5) is 20.6. The molecule has 1 aliphatic carbocycles. The number of hydrogen-bond donors (Lipinski definition) is 2. The monoisotopic (exact) mass is 623 g/mol. The fourth-order valence-electron chi connectivity index (χ4n) is 5.52. The highest BCUT2D eigenvalue weighted by Crippen LogP contribution is 2.59. The molecule has 4 heterocycles. The number of hydrogen-bond acceptors (Lipinski definition) is 8. The van der Waals surface area contributed by atoms with Crippen molar-refractivity contribution in [2.75, 3.05) is 18.1 Å². The Labute approximate surface area is 252 Å². The van der Waals surface area contributed by atoms with Gasteiger partial charge in [-0.2, -0.15) is 18.3 Å². The summed E-state index contributed by atoms with van der Waals surface area (Å²) in [5, 5.41) is 9.18. The first-order valence-electron chi connectivity index (χ1n) is 14.1. The Morgan fingerprint density at radius 3 is 2.60 bits per heavy atom. The van der Waals surface area contributed by atoms with Gasteiger partial charge in [0.25, 0.3) is 5.91 Å². The van der Waals surface area contributed by atoms with Gasteiger partial charge < -0.3 is 15.4 Å². The summed E-state index contributed by atoms with van der Waals surface area (Å²) in [5.74, 6) is 0.483. The average molecular weight is 624 g/mol. The van der Waals surface area contributed by atoms with Crippen LogP contribution in [0.1, 0.15) is 74.8 Å². The third kappa shape index (κ3) is 6.53. The minimum atomic E-state index is -4.22. The maximum atomic E-state index is 13.3. The number of pyridine rings is 1. The largest absolute Gasteiger partial charge is 0.477 e. The third-order valence-corrected chi connectivity index (χ3v) is 9.47. The van der Waals surface area contributed by atoms with E-state index < -0.39 is 17.5 Å². The van der Waals surface area contributed by atoms with Crippen molar-refractivity contribution in [3.8, 4) is 11.7 Å². The Kier molecular flexibility index (Phi) is 8.75. The van der Waals surface area contributed by atoms with Gasteiger partial charge in [-0.15, -0.1) is 16.8 Å². The molecule has 2 bridgehead atoms. The van der Waals surface area contributed by atoms with Gasteiger partial charge >= 0.3 is 6.18 Å². The van der Waals surface area contributed by atoms with Gasteiger partial charge in [-0.05, 0) is 58.1 Å². The molecule has 3 aromatic rings. The number of carbonyl (C=O) groups is 1. The Balaban J connectivity index is 1.41. The number of halogens is 3. The molecule has 0 spiro atoms. The molecule has 14 heteroatoms. The zero-order valence-corrected chi connectivity index (χ0v) is 25.4. The molecule has 2 aliphatic rings. The van der Waals surface area contributed by atoms with Crippen molar-refractivity contribution >= 4 is 34.2 Å². The number of thiol groups is 1. The molecule has 1 aliphatic heterocycles. The Hall–Kier alpha value is -2.87. The number of alkyl halides is 3. The number of primary amides is 1. The number of ether oxygens (including phenoxy) is 1. The molecule has 5 rings (SSSR count). The van der Waals surface area contributed by atoms with Crippen molar-refractivity contribution < 1.29 is 22.7 Å². The van der Waals surface area contributed by atoms with Crippen molar-refractivity contribution in [3.05, 3.63) is 41.9 Å². The first kappa shape index (κ1) is 30.6. The van der Waals surface area contributed by atoms with Crippen molar-refractivity contribution in [1.29, 1.82) is 0 Å². The fraction of sp³-hybridized carbons (Fsp3) is 0.571. The lowest BCUT2D eigenvalue weighted by atomic mass is 9.93. The molecule has 0 radical (unpaired) electrons. The van der Waals surface area contributed by atoms with E-state index in [0.29, 0.717) is 30.2 Å². The van der Waals surface area contributed by atoms with E-state index in [1.165, 1.54) is 15.5 Å². The van der Waals surface area contributed by atoms with E-state index in [4.69, 9.17) is 20.6 Å². The smallest absolute Gasteiger partial charge is 0.394 e. The van der Waals surface area contributed by atoms with Gasteiger partial charge in [-0.3, -0.25) is 9.48 Å². The lowest BCUT2D eigenvalue weighted by Gasteiger charge is -2.41. The molecule has 0 atom stereocenters. The zero-order chi connectivity index (χ0) is 30.1. The number of fused-ring (bicyclic) bond motifs is 2. The topological polar surface area (TPSA) is 104 Å². The molecular formula is C28H36F3N7O2S2. The Morgan fingerprint density at radius 2 is 1.90 bits per heavy atom. The molecule has 0 aromatic carbocycles. The van der Waals surface area contributed by atoms with Crippen LogP contribution in [0.15, 0.2) is 35.5 Å². The number of nitrogens with two attached hydrogens (primary N) is 1. The van der Waals surface area contributed by atoms with Crippen LogP contribution in [-0.4, -0.2) is 55.3 Å². The molecule has 228 valence electrons. The number of aromatic nitrogens is 5. The van der Waals surface area contributed by atoms with E-state index in [9.17, 15) is 18.0 Å². The predicted molar refractivity (Wildman–Crippen MR) is 158 cm³/mol. The lowest BCUT2D eigenvalue weighted by molar-refractivity contribution is -0.190. The number of anilines is 1. The van der Waals surface area contributed by atoms with Gasteiger partial charge in [0.2, 0.25) is 5.88 Å². The van der Waals surface area contributed by atoms with E-state index in [1.54, 1.807) is 24.4 Å². The quantitative estimate of drug-likeness (QED) is 0.234. The molecule has 0 unspecified atom stereocenters. The van der Waals surface area contributed by atoms with Gasteiger partial charge in [-0.1, -0.05) is 23.6 Å². The van der Waals surface area contributed by atoms with Crippen LogP contribution in [-0.2, 0) is 13.0 Å². The average Bonchev–Trinajstić information content (AvgIpc) is 3.41. The zero-order valence-electron chi connectivity index (χ0n) is 23.7. The van der Waals surface area contributed by atoms with Crippen LogP contribution < -0.4 is 15.4 Å². The van der Waals surface area contributed by atoms with Gasteiger partial charge in [0.15, 0.2) is 5.82 Å². The summed E-state index contributed by atoms with van der Waals surface area (Å²) >= 11 is 4.42. The standard InChI is InChI=1S/C28H36F3N7O2S2/c1-26(2)10-4-3-5-14-36-18-21(42-41)20(34-36)8-15-37(26)25-19(24(32)39)6-7-22(33-25)38-16-9-23(35-38)40-17-13-27(11-12-27)28(29,30)31/h6-7,9,16,18,41H,3-5,8,10-15,17H2,1-2H3,(H2,32,39). The summed E-state index contributed by atoms with van der Waals surface area (Å²) in [6.07, 6.45) is 4.14. The van der Waals surface area contributed by atoms with Crippen LogP contribution in [0.25, 0.3) is 5.82 Å². The van der Waals surface area contributed by atoms with Crippen LogP contribution in [0.2, 0.25) is 0 Å². The number of carbonyl (C=O) groups excluding carboxylic acids is 1. The number of aryl methyl sites for hydroxylation is 1. The summed E-state index contributed by atoms with van der Waals surface area (Å²) in [6.45, 7) is 5.59. The molecule has 9 nitrogen and oxygen atoms in total. The highest BCUT2D eigenvalue weighted by Gasteiger charge is 2.62.